The number of fused-ring (bicyclic) bond motifs is 3. The predicted molar refractivity (Wildman–Crippen MR) is 111 cm³/mol. The van der Waals surface area contributed by atoms with Gasteiger partial charge in [-0.25, -0.2) is 4.98 Å². The molecule has 0 radical (unpaired) electrons. The van der Waals surface area contributed by atoms with Gasteiger partial charge in [0.05, 0.1) is 22.7 Å². The highest BCUT2D eigenvalue weighted by Gasteiger charge is 2.20. The zero-order valence-electron chi connectivity index (χ0n) is 15.8. The number of nitrogens with one attached hydrogen (secondary N) is 1. The zero-order valence-corrected chi connectivity index (χ0v) is 15.8. The van der Waals surface area contributed by atoms with Crippen LogP contribution in [0.4, 0.5) is 11.5 Å². The Labute approximate surface area is 163 Å². The number of rotatable bonds is 4. The van der Waals surface area contributed by atoms with E-state index in [0.717, 1.165) is 33.7 Å². The van der Waals surface area contributed by atoms with Gasteiger partial charge in [-0.2, -0.15) is 10.5 Å². The normalized spacial score (nSPS) is 10.7. The largest absolute Gasteiger partial charge is 0.341 e. The summed E-state index contributed by atoms with van der Waals surface area (Å²) in [5.74, 6) is 0.860. The van der Waals surface area contributed by atoms with Crippen LogP contribution < -0.4 is 5.32 Å². The van der Waals surface area contributed by atoms with Crippen LogP contribution in [0, 0.1) is 36.5 Å². The number of benzene rings is 2. The SMILES string of the molecule is Cc1ccc(Nc2c(CCC#N)c(C)c(C#N)c3nc4ccccc4n23)cc1. The van der Waals surface area contributed by atoms with Crippen LogP contribution >= 0.6 is 0 Å². The third-order valence-corrected chi connectivity index (χ3v) is 5.03. The molecule has 0 amide bonds. The summed E-state index contributed by atoms with van der Waals surface area (Å²) in [6.07, 6.45) is 0.945. The molecule has 0 aliphatic rings. The van der Waals surface area contributed by atoms with Gasteiger partial charge in [0.25, 0.3) is 0 Å². The zero-order chi connectivity index (χ0) is 19.7. The summed E-state index contributed by atoms with van der Waals surface area (Å²) in [7, 11) is 0. The predicted octanol–water partition coefficient (Wildman–Crippen LogP) is 5.18. The molecule has 0 aliphatic heterocycles. The molecule has 5 nitrogen and oxygen atoms in total. The summed E-state index contributed by atoms with van der Waals surface area (Å²) in [5, 5.41) is 22.5. The number of pyridine rings is 1. The molecule has 0 fully saturated rings. The molecule has 4 rings (SSSR count). The van der Waals surface area contributed by atoms with Crippen molar-refractivity contribution in [3.05, 3.63) is 70.8 Å². The average Bonchev–Trinajstić information content (AvgIpc) is 3.08. The third kappa shape index (κ3) is 2.84. The molecule has 2 heterocycles. The molecule has 136 valence electrons. The molecule has 0 atom stereocenters. The summed E-state index contributed by atoms with van der Waals surface area (Å²) >= 11 is 0. The maximum atomic E-state index is 9.81. The van der Waals surface area contributed by atoms with Gasteiger partial charge < -0.3 is 5.32 Å². The second-order valence-electron chi connectivity index (χ2n) is 6.85. The van der Waals surface area contributed by atoms with E-state index in [4.69, 9.17) is 10.2 Å². The summed E-state index contributed by atoms with van der Waals surface area (Å²) in [5.41, 5.74) is 6.93. The van der Waals surface area contributed by atoms with Gasteiger partial charge in [0.2, 0.25) is 0 Å². The van der Waals surface area contributed by atoms with Crippen molar-refractivity contribution in [2.45, 2.75) is 26.7 Å². The highest BCUT2D eigenvalue weighted by Crippen LogP contribution is 2.33. The van der Waals surface area contributed by atoms with Gasteiger partial charge in [0.1, 0.15) is 11.9 Å². The first-order valence-electron chi connectivity index (χ1n) is 9.17. The minimum atomic E-state index is 0.381. The van der Waals surface area contributed by atoms with Crippen molar-refractivity contribution in [2.24, 2.45) is 0 Å². The van der Waals surface area contributed by atoms with Gasteiger partial charge in [0, 0.05) is 12.1 Å². The fourth-order valence-corrected chi connectivity index (χ4v) is 3.58. The standard InChI is InChI=1S/C23H19N5/c1-15-9-11-17(12-10-15)26-22-18(6-5-13-24)16(2)19(14-25)23-27-20-7-3-4-8-21(20)28(22)23/h3-4,7-12,26H,5-6H2,1-2H3. The van der Waals surface area contributed by atoms with Crippen LogP contribution in [0.2, 0.25) is 0 Å². The van der Waals surface area contributed by atoms with Gasteiger partial charge in [-0.3, -0.25) is 4.40 Å². The highest BCUT2D eigenvalue weighted by molar-refractivity contribution is 5.87. The summed E-state index contributed by atoms with van der Waals surface area (Å²) in [4.78, 5) is 4.72. The van der Waals surface area contributed by atoms with Crippen LogP contribution in [0.15, 0.2) is 48.5 Å². The Balaban J connectivity index is 2.07. The Hall–Kier alpha value is -3.83. The smallest absolute Gasteiger partial charge is 0.157 e. The van der Waals surface area contributed by atoms with Crippen LogP contribution in [0.5, 0.6) is 0 Å². The Morgan fingerprint density at radius 3 is 2.50 bits per heavy atom. The molecule has 0 bridgehead atoms. The minimum absolute atomic E-state index is 0.381. The summed E-state index contributed by atoms with van der Waals surface area (Å²) in [6, 6.07) is 20.6. The van der Waals surface area contributed by atoms with Crippen molar-refractivity contribution in [3.63, 3.8) is 0 Å². The van der Waals surface area contributed by atoms with Crippen molar-refractivity contribution in [1.82, 2.24) is 9.38 Å². The molecular formula is C23H19N5. The Morgan fingerprint density at radius 2 is 1.79 bits per heavy atom. The molecule has 0 aliphatic carbocycles. The topological polar surface area (TPSA) is 76.9 Å². The lowest BCUT2D eigenvalue weighted by Crippen LogP contribution is -2.08. The lowest BCUT2D eigenvalue weighted by Gasteiger charge is -2.18. The number of aromatic nitrogens is 2. The minimum Gasteiger partial charge on any atom is -0.341 e. The van der Waals surface area contributed by atoms with Crippen molar-refractivity contribution >= 4 is 28.2 Å². The molecule has 0 saturated carbocycles. The number of aryl methyl sites for hydroxylation is 1. The van der Waals surface area contributed by atoms with E-state index in [0.29, 0.717) is 24.1 Å². The van der Waals surface area contributed by atoms with Gasteiger partial charge in [0.15, 0.2) is 5.65 Å². The molecule has 2 aromatic carbocycles. The van der Waals surface area contributed by atoms with Crippen LogP contribution in [-0.4, -0.2) is 9.38 Å². The first-order chi connectivity index (χ1) is 13.6. The first kappa shape index (κ1) is 17.6. The molecule has 4 aromatic rings. The van der Waals surface area contributed by atoms with E-state index in [9.17, 15) is 5.26 Å². The lowest BCUT2D eigenvalue weighted by atomic mass is 10.0. The van der Waals surface area contributed by atoms with E-state index >= 15 is 0 Å². The molecule has 1 N–H and O–H groups in total. The van der Waals surface area contributed by atoms with E-state index in [2.05, 4.69) is 36.5 Å². The number of nitrogens with zero attached hydrogens (tertiary/aromatic N) is 4. The average molecular weight is 365 g/mol. The van der Waals surface area contributed by atoms with Gasteiger partial charge in [-0.05, 0) is 55.7 Å². The third-order valence-electron chi connectivity index (χ3n) is 5.03. The summed E-state index contributed by atoms with van der Waals surface area (Å²) < 4.78 is 2.01. The Kier molecular flexibility index (Phi) is 4.43. The highest BCUT2D eigenvalue weighted by atomic mass is 15.1. The van der Waals surface area contributed by atoms with Gasteiger partial charge in [-0.15, -0.1) is 0 Å². The maximum absolute atomic E-state index is 9.81. The van der Waals surface area contributed by atoms with Crippen LogP contribution in [0.3, 0.4) is 0 Å². The molecule has 0 spiro atoms. The number of hydrogen-bond acceptors (Lipinski definition) is 4. The number of hydrogen-bond donors (Lipinski definition) is 1. The number of nitriles is 2. The van der Waals surface area contributed by atoms with Gasteiger partial charge >= 0.3 is 0 Å². The molecule has 0 saturated heterocycles. The maximum Gasteiger partial charge on any atom is 0.157 e. The second kappa shape index (κ2) is 7.06. The van der Waals surface area contributed by atoms with Crippen molar-refractivity contribution in [2.75, 3.05) is 5.32 Å². The fraction of sp³-hybridized carbons (Fsp3) is 0.174. The van der Waals surface area contributed by atoms with Crippen molar-refractivity contribution in [3.8, 4) is 12.1 Å². The first-order valence-corrected chi connectivity index (χ1v) is 9.17. The van der Waals surface area contributed by atoms with Gasteiger partial charge in [-0.1, -0.05) is 29.8 Å². The molecule has 0 unspecified atom stereocenters. The molecule has 28 heavy (non-hydrogen) atoms. The van der Waals surface area contributed by atoms with Crippen LogP contribution in [0.1, 0.15) is 28.7 Å². The lowest BCUT2D eigenvalue weighted by molar-refractivity contribution is 0.975. The number of para-hydroxylation sites is 2. The van der Waals surface area contributed by atoms with E-state index < -0.39 is 0 Å². The van der Waals surface area contributed by atoms with Crippen LogP contribution in [0.25, 0.3) is 16.7 Å². The molecule has 5 heteroatoms. The summed E-state index contributed by atoms with van der Waals surface area (Å²) in [6.45, 7) is 3.99. The van der Waals surface area contributed by atoms with E-state index in [1.807, 2.05) is 47.7 Å². The fourth-order valence-electron chi connectivity index (χ4n) is 3.58. The molecular weight excluding hydrogens is 346 g/mol. The van der Waals surface area contributed by atoms with Crippen LogP contribution in [-0.2, 0) is 6.42 Å². The molecule has 2 aromatic heterocycles. The van der Waals surface area contributed by atoms with Crippen molar-refractivity contribution < 1.29 is 0 Å². The monoisotopic (exact) mass is 365 g/mol. The van der Waals surface area contributed by atoms with Crippen molar-refractivity contribution in [1.29, 1.82) is 10.5 Å². The van der Waals surface area contributed by atoms with E-state index in [1.54, 1.807) is 0 Å². The Morgan fingerprint density at radius 1 is 1.04 bits per heavy atom. The van der Waals surface area contributed by atoms with E-state index in [1.165, 1.54) is 5.56 Å². The number of imidazole rings is 1. The van der Waals surface area contributed by atoms with E-state index in [-0.39, 0.29) is 0 Å². The quantitative estimate of drug-likeness (QED) is 0.541. The Bertz CT molecular complexity index is 1270. The second-order valence-corrected chi connectivity index (χ2v) is 6.85. The number of anilines is 2.